The van der Waals surface area contributed by atoms with Gasteiger partial charge in [-0.3, -0.25) is 4.79 Å². The number of benzene rings is 3. The minimum absolute atomic E-state index is 0.0146. The van der Waals surface area contributed by atoms with Crippen LogP contribution < -0.4 is 25.7 Å². The van der Waals surface area contributed by atoms with E-state index in [2.05, 4.69) is 9.97 Å². The average Bonchev–Trinajstić information content (AvgIpc) is 2.96. The number of halogens is 3. The number of nitrogens with two attached hydrogens (primary N) is 2. The predicted molar refractivity (Wildman–Crippen MR) is 150 cm³/mol. The summed E-state index contributed by atoms with van der Waals surface area (Å²) < 4.78 is 61.9. The Morgan fingerprint density at radius 2 is 1.64 bits per heavy atom. The quantitative estimate of drug-likeness (QED) is 0.219. The standard InChI is InChI=1S/C30H29F3N4O5/c1-16-5-4-6-19(11-16)20-13-24(40-2)25(41-3)14-21(20)30(33,28(31)32)42-26-15-23(36-29(35)37-26)18-9-7-17(8-10-18)12-22(34)27(38)39/h4-11,13-15,22,28H,12,34H2,1-3H3,(H,38,39)(H2,35,36,37)/t22-,30?/m0/s1. The van der Waals surface area contributed by atoms with Gasteiger partial charge in [0.25, 0.3) is 0 Å². The van der Waals surface area contributed by atoms with E-state index in [1.54, 1.807) is 42.5 Å². The lowest BCUT2D eigenvalue weighted by Gasteiger charge is -2.28. The molecule has 9 nitrogen and oxygen atoms in total. The lowest BCUT2D eigenvalue weighted by molar-refractivity contribution is -0.176. The summed E-state index contributed by atoms with van der Waals surface area (Å²) in [5.41, 5.74) is 13.6. The van der Waals surface area contributed by atoms with E-state index < -0.39 is 35.7 Å². The first-order valence-electron chi connectivity index (χ1n) is 12.7. The molecule has 5 N–H and O–H groups in total. The number of alkyl halides is 3. The number of aliphatic carboxylic acids is 1. The number of nitrogens with zero attached hydrogens (tertiary/aromatic N) is 2. The third-order valence-corrected chi connectivity index (χ3v) is 6.50. The smallest absolute Gasteiger partial charge is 0.336 e. The summed E-state index contributed by atoms with van der Waals surface area (Å²) in [5.74, 6) is -5.51. The monoisotopic (exact) mass is 582 g/mol. The van der Waals surface area contributed by atoms with E-state index >= 15 is 4.39 Å². The fourth-order valence-corrected chi connectivity index (χ4v) is 4.38. The molecule has 3 aromatic carbocycles. The number of hydrogen-bond donors (Lipinski definition) is 3. The van der Waals surface area contributed by atoms with Crippen molar-refractivity contribution in [2.24, 2.45) is 5.73 Å². The Bertz CT molecular complexity index is 1590. The highest BCUT2D eigenvalue weighted by Crippen LogP contribution is 2.45. The molecule has 220 valence electrons. The van der Waals surface area contributed by atoms with Crippen molar-refractivity contribution in [2.75, 3.05) is 20.0 Å². The van der Waals surface area contributed by atoms with Crippen LogP contribution in [0.1, 0.15) is 16.7 Å². The highest BCUT2D eigenvalue weighted by molar-refractivity contribution is 5.74. The molecular formula is C30H29F3N4O5. The minimum atomic E-state index is -3.70. The maximum atomic E-state index is 16.6. The van der Waals surface area contributed by atoms with E-state index in [-0.39, 0.29) is 35.1 Å². The van der Waals surface area contributed by atoms with Crippen LogP contribution in [0, 0.1) is 6.92 Å². The number of carboxylic acids is 1. The molecule has 2 atom stereocenters. The molecule has 12 heteroatoms. The third-order valence-electron chi connectivity index (χ3n) is 6.50. The number of carboxylic acid groups (broad SMARTS) is 1. The van der Waals surface area contributed by atoms with Gasteiger partial charge in [0, 0.05) is 17.2 Å². The maximum absolute atomic E-state index is 16.6. The first-order chi connectivity index (χ1) is 19.9. The molecule has 0 saturated carbocycles. The first-order valence-corrected chi connectivity index (χ1v) is 12.7. The Labute approximate surface area is 239 Å². The lowest BCUT2D eigenvalue weighted by atomic mass is 9.93. The molecule has 1 heterocycles. The molecule has 1 aromatic heterocycles. The van der Waals surface area contributed by atoms with Crippen molar-refractivity contribution >= 4 is 11.9 Å². The zero-order valence-electron chi connectivity index (χ0n) is 23.0. The molecule has 42 heavy (non-hydrogen) atoms. The SMILES string of the molecule is COc1cc(-c2cccc(C)c2)c(C(F)(Oc2cc(-c3ccc(C[C@H](N)C(=O)O)cc3)nc(N)n2)C(F)F)cc1OC. The molecule has 0 aliphatic heterocycles. The second-order valence-electron chi connectivity index (χ2n) is 9.47. The van der Waals surface area contributed by atoms with Crippen molar-refractivity contribution in [3.63, 3.8) is 0 Å². The van der Waals surface area contributed by atoms with Gasteiger partial charge in [0.2, 0.25) is 11.8 Å². The highest BCUT2D eigenvalue weighted by Gasteiger charge is 2.48. The van der Waals surface area contributed by atoms with Crippen LogP contribution >= 0.6 is 0 Å². The average molecular weight is 583 g/mol. The van der Waals surface area contributed by atoms with Crippen molar-refractivity contribution in [1.82, 2.24) is 9.97 Å². The van der Waals surface area contributed by atoms with Crippen molar-refractivity contribution in [1.29, 1.82) is 0 Å². The number of ether oxygens (including phenoxy) is 3. The van der Waals surface area contributed by atoms with E-state index in [1.165, 1.54) is 26.4 Å². The maximum Gasteiger partial charge on any atom is 0.336 e. The zero-order chi connectivity index (χ0) is 30.6. The topological polar surface area (TPSA) is 143 Å². The van der Waals surface area contributed by atoms with Crippen LogP contribution in [0.2, 0.25) is 0 Å². The van der Waals surface area contributed by atoms with Crippen LogP contribution in [-0.2, 0) is 17.1 Å². The van der Waals surface area contributed by atoms with Gasteiger partial charge in [-0.05, 0) is 42.2 Å². The predicted octanol–water partition coefficient (Wildman–Crippen LogP) is 5.14. The molecule has 0 bridgehead atoms. The van der Waals surface area contributed by atoms with Gasteiger partial charge in [-0.25, -0.2) is 13.8 Å². The summed E-state index contributed by atoms with van der Waals surface area (Å²) in [4.78, 5) is 19.0. The van der Waals surface area contributed by atoms with Gasteiger partial charge in [-0.2, -0.15) is 9.37 Å². The number of aromatic nitrogens is 2. The summed E-state index contributed by atoms with van der Waals surface area (Å²) in [6.45, 7) is 1.81. The van der Waals surface area contributed by atoms with E-state index in [0.29, 0.717) is 16.7 Å². The van der Waals surface area contributed by atoms with Gasteiger partial charge in [-0.15, -0.1) is 0 Å². The Morgan fingerprint density at radius 1 is 0.976 bits per heavy atom. The molecule has 4 aromatic rings. The summed E-state index contributed by atoms with van der Waals surface area (Å²) in [7, 11) is 2.68. The molecule has 1 unspecified atom stereocenters. The lowest BCUT2D eigenvalue weighted by Crippen LogP contribution is -2.37. The third kappa shape index (κ3) is 6.39. The molecular weight excluding hydrogens is 553 g/mol. The Balaban J connectivity index is 1.78. The largest absolute Gasteiger partial charge is 0.493 e. The van der Waals surface area contributed by atoms with Gasteiger partial charge >= 0.3 is 18.2 Å². The van der Waals surface area contributed by atoms with Crippen LogP contribution in [0.4, 0.5) is 19.1 Å². The Kier molecular flexibility index (Phi) is 8.86. The van der Waals surface area contributed by atoms with Gasteiger partial charge in [0.15, 0.2) is 11.5 Å². The fourth-order valence-electron chi connectivity index (χ4n) is 4.38. The number of hydrogen-bond acceptors (Lipinski definition) is 8. The van der Waals surface area contributed by atoms with Gasteiger partial charge in [0.05, 0.1) is 19.9 Å². The number of carbonyl (C=O) groups is 1. The van der Waals surface area contributed by atoms with Crippen LogP contribution in [0.15, 0.2) is 66.7 Å². The number of aryl methyl sites for hydroxylation is 1. The van der Waals surface area contributed by atoms with Crippen LogP contribution in [0.5, 0.6) is 17.4 Å². The molecule has 4 rings (SSSR count). The van der Waals surface area contributed by atoms with Crippen molar-refractivity contribution in [2.45, 2.75) is 31.7 Å². The van der Waals surface area contributed by atoms with E-state index in [1.807, 2.05) is 13.0 Å². The zero-order valence-corrected chi connectivity index (χ0v) is 23.0. The molecule has 0 saturated heterocycles. The normalized spacial score (nSPS) is 13.3. The Morgan fingerprint density at radius 3 is 2.24 bits per heavy atom. The second kappa shape index (κ2) is 12.4. The molecule has 0 aliphatic carbocycles. The minimum Gasteiger partial charge on any atom is -0.493 e. The van der Waals surface area contributed by atoms with Gasteiger partial charge in [0.1, 0.15) is 6.04 Å². The van der Waals surface area contributed by atoms with E-state index in [4.69, 9.17) is 30.8 Å². The fraction of sp³-hybridized carbons (Fsp3) is 0.233. The summed E-state index contributed by atoms with van der Waals surface area (Å²) >= 11 is 0. The summed E-state index contributed by atoms with van der Waals surface area (Å²) in [6.07, 6.45) is -3.58. The van der Waals surface area contributed by atoms with E-state index in [0.717, 1.165) is 11.6 Å². The molecule has 0 aliphatic rings. The molecule has 0 fully saturated rings. The number of methoxy groups -OCH3 is 2. The van der Waals surface area contributed by atoms with Crippen LogP contribution in [0.3, 0.4) is 0 Å². The van der Waals surface area contributed by atoms with Crippen LogP contribution in [-0.4, -0.2) is 47.7 Å². The molecule has 0 radical (unpaired) electrons. The van der Waals surface area contributed by atoms with Crippen molar-refractivity contribution < 1.29 is 37.3 Å². The highest BCUT2D eigenvalue weighted by atomic mass is 19.3. The second-order valence-corrected chi connectivity index (χ2v) is 9.47. The van der Waals surface area contributed by atoms with Crippen molar-refractivity contribution in [3.8, 4) is 39.8 Å². The number of nitrogen functional groups attached to an aromatic ring is 1. The first kappa shape index (κ1) is 30.1. The number of anilines is 1. The van der Waals surface area contributed by atoms with Crippen LogP contribution in [0.25, 0.3) is 22.4 Å². The van der Waals surface area contributed by atoms with Gasteiger partial charge < -0.3 is 30.8 Å². The molecule has 0 spiro atoms. The van der Waals surface area contributed by atoms with E-state index in [9.17, 15) is 13.6 Å². The van der Waals surface area contributed by atoms with Crippen molar-refractivity contribution in [3.05, 3.63) is 83.4 Å². The number of rotatable bonds is 11. The summed E-state index contributed by atoms with van der Waals surface area (Å²) in [5, 5.41) is 9.03. The molecule has 0 amide bonds. The summed E-state index contributed by atoms with van der Waals surface area (Å²) in [6, 6.07) is 16.0. The Hall–Kier alpha value is -4.84. The van der Waals surface area contributed by atoms with Gasteiger partial charge in [-0.1, -0.05) is 54.1 Å².